The second kappa shape index (κ2) is 6.83. The van der Waals surface area contributed by atoms with Crippen LogP contribution >= 0.6 is 0 Å². The third kappa shape index (κ3) is 3.02. The van der Waals surface area contributed by atoms with Gasteiger partial charge >= 0.3 is 0 Å². The highest BCUT2D eigenvalue weighted by Crippen LogP contribution is 2.44. The number of aliphatic hydroxyl groups excluding tert-OH is 1. The van der Waals surface area contributed by atoms with E-state index in [2.05, 4.69) is 17.5 Å². The lowest BCUT2D eigenvalue weighted by molar-refractivity contribution is -0.159. The number of nitrogens with zero attached hydrogens (tertiary/aromatic N) is 2. The number of carbonyl (C=O) groups excluding carboxylic acids is 2. The fraction of sp³-hybridized carbons (Fsp3) is 0.524. The Labute approximate surface area is 169 Å². The summed E-state index contributed by atoms with van der Waals surface area (Å²) in [5.74, 6) is -1.07. The molecule has 154 valence electrons. The van der Waals surface area contributed by atoms with Crippen LogP contribution in [0.15, 0.2) is 24.3 Å². The summed E-state index contributed by atoms with van der Waals surface area (Å²) in [6.07, 6.45) is 4.33. The van der Waals surface area contributed by atoms with Gasteiger partial charge in [0.25, 0.3) is 0 Å². The summed E-state index contributed by atoms with van der Waals surface area (Å²) in [6.45, 7) is 1.31. The minimum Gasteiger partial charge on any atom is -0.356 e. The minimum absolute atomic E-state index is 0.263. The third-order valence-electron chi connectivity index (χ3n) is 6.39. The Morgan fingerprint density at radius 1 is 1.17 bits per heavy atom. The average molecular weight is 399 g/mol. The van der Waals surface area contributed by atoms with Crippen molar-refractivity contribution < 1.29 is 24.2 Å². The molecule has 2 fully saturated rings. The van der Waals surface area contributed by atoms with Crippen molar-refractivity contribution in [2.45, 2.75) is 50.3 Å². The summed E-state index contributed by atoms with van der Waals surface area (Å²) in [6, 6.07) is 5.48. The number of piperidine rings is 1. The van der Waals surface area contributed by atoms with E-state index in [1.807, 2.05) is 19.2 Å². The fourth-order valence-corrected chi connectivity index (χ4v) is 4.77. The van der Waals surface area contributed by atoms with Crippen molar-refractivity contribution >= 4 is 28.8 Å². The van der Waals surface area contributed by atoms with E-state index in [0.717, 1.165) is 36.2 Å². The first-order valence-corrected chi connectivity index (χ1v) is 10.1. The summed E-state index contributed by atoms with van der Waals surface area (Å²) < 4.78 is 11.6. The molecule has 8 heteroatoms. The van der Waals surface area contributed by atoms with Crippen LogP contribution in [0.3, 0.4) is 0 Å². The molecule has 2 amide bonds. The first kappa shape index (κ1) is 18.6. The van der Waals surface area contributed by atoms with E-state index in [9.17, 15) is 14.7 Å². The van der Waals surface area contributed by atoms with Gasteiger partial charge in [0.05, 0.1) is 24.6 Å². The zero-order chi connectivity index (χ0) is 20.2. The zero-order valence-electron chi connectivity index (χ0n) is 16.4. The molecule has 0 saturated carbocycles. The molecule has 3 heterocycles. The molecule has 0 bridgehead atoms. The lowest BCUT2D eigenvalue weighted by Gasteiger charge is -2.34. The fourth-order valence-electron chi connectivity index (χ4n) is 4.77. The Morgan fingerprint density at radius 2 is 1.97 bits per heavy atom. The van der Waals surface area contributed by atoms with Gasteiger partial charge < -0.3 is 24.4 Å². The minimum atomic E-state index is -0.951. The molecule has 0 radical (unpaired) electrons. The molecule has 2 atom stereocenters. The van der Waals surface area contributed by atoms with Gasteiger partial charge in [-0.2, -0.15) is 0 Å². The molecule has 29 heavy (non-hydrogen) atoms. The number of nitrogens with one attached hydrogen (secondary N) is 1. The lowest BCUT2D eigenvalue weighted by atomic mass is 9.89. The highest BCUT2D eigenvalue weighted by atomic mass is 16.7. The van der Waals surface area contributed by atoms with Crippen LogP contribution in [-0.4, -0.2) is 55.4 Å². The van der Waals surface area contributed by atoms with Crippen molar-refractivity contribution in [2.75, 3.05) is 30.1 Å². The van der Waals surface area contributed by atoms with E-state index in [4.69, 9.17) is 9.47 Å². The number of aliphatic hydroxyl groups is 1. The highest BCUT2D eigenvalue weighted by Gasteiger charge is 2.42. The molecule has 0 aromatic heterocycles. The second-order valence-electron chi connectivity index (χ2n) is 8.08. The predicted octanol–water partition coefficient (Wildman–Crippen LogP) is 1.33. The molecule has 2 N–H and O–H groups in total. The van der Waals surface area contributed by atoms with E-state index in [1.165, 1.54) is 5.57 Å². The van der Waals surface area contributed by atoms with Gasteiger partial charge in [-0.3, -0.25) is 14.9 Å². The maximum absolute atomic E-state index is 12.4. The van der Waals surface area contributed by atoms with Gasteiger partial charge in [-0.05, 0) is 36.1 Å². The maximum atomic E-state index is 12.4. The Balaban J connectivity index is 1.42. The van der Waals surface area contributed by atoms with Crippen molar-refractivity contribution in [1.29, 1.82) is 0 Å². The molecule has 2 unspecified atom stereocenters. The smallest absolute Gasteiger partial charge is 0.249 e. The standard InChI is InChI=1S/C21H25N3O5/c1-23-17-12-14(13-6-8-21(9-7-13)28-10-11-29-21)2-3-15(17)24(20(23)27)16-4-5-18(25)22-19(16)26/h2-3,6,12,16,20,27H,4-5,7-11H2,1H3,(H,22,25,26). The molecular formula is C21H25N3O5. The van der Waals surface area contributed by atoms with Gasteiger partial charge in [-0.1, -0.05) is 12.1 Å². The highest BCUT2D eigenvalue weighted by molar-refractivity contribution is 6.02. The number of allylic oxidation sites excluding steroid dienone is 1. The van der Waals surface area contributed by atoms with Crippen molar-refractivity contribution in [3.05, 3.63) is 29.8 Å². The number of carbonyl (C=O) groups is 2. The van der Waals surface area contributed by atoms with Crippen LogP contribution in [0.1, 0.15) is 37.7 Å². The van der Waals surface area contributed by atoms with Crippen molar-refractivity contribution in [3.8, 4) is 0 Å². The Morgan fingerprint density at radius 3 is 2.66 bits per heavy atom. The maximum Gasteiger partial charge on any atom is 0.249 e. The van der Waals surface area contributed by atoms with Crippen molar-refractivity contribution in [2.24, 2.45) is 0 Å². The molecule has 2 saturated heterocycles. The molecule has 1 spiro atoms. The van der Waals surface area contributed by atoms with E-state index < -0.39 is 18.2 Å². The lowest BCUT2D eigenvalue weighted by Crippen LogP contribution is -2.56. The van der Waals surface area contributed by atoms with Gasteiger partial charge in [-0.15, -0.1) is 0 Å². The van der Waals surface area contributed by atoms with Crippen LogP contribution < -0.4 is 15.1 Å². The molecular weight excluding hydrogens is 374 g/mol. The van der Waals surface area contributed by atoms with Crippen molar-refractivity contribution in [1.82, 2.24) is 5.32 Å². The largest absolute Gasteiger partial charge is 0.356 e. The molecule has 1 aromatic carbocycles. The van der Waals surface area contributed by atoms with Gasteiger partial charge in [0.1, 0.15) is 6.04 Å². The second-order valence-corrected chi connectivity index (χ2v) is 8.08. The first-order chi connectivity index (χ1) is 14.0. The Hall–Kier alpha value is -2.42. The average Bonchev–Trinajstić information content (AvgIpc) is 3.26. The Bertz CT molecular complexity index is 892. The van der Waals surface area contributed by atoms with Gasteiger partial charge in [0, 0.05) is 26.3 Å². The first-order valence-electron chi connectivity index (χ1n) is 10.1. The summed E-state index contributed by atoms with van der Waals surface area (Å²) in [7, 11) is 1.81. The molecule has 1 aliphatic carbocycles. The summed E-state index contributed by atoms with van der Waals surface area (Å²) >= 11 is 0. The number of ether oxygens (including phenoxy) is 2. The van der Waals surface area contributed by atoms with Crippen molar-refractivity contribution in [3.63, 3.8) is 0 Å². The number of rotatable bonds is 2. The molecule has 3 aliphatic heterocycles. The van der Waals surface area contributed by atoms with Crippen LogP contribution in [0.25, 0.3) is 5.57 Å². The van der Waals surface area contributed by atoms with Crippen LogP contribution in [0, 0.1) is 0 Å². The van der Waals surface area contributed by atoms with Gasteiger partial charge in [0.15, 0.2) is 5.79 Å². The van der Waals surface area contributed by atoms with Gasteiger partial charge in [-0.25, -0.2) is 0 Å². The molecule has 4 aliphatic rings. The Kier molecular flexibility index (Phi) is 4.38. The number of fused-ring (bicyclic) bond motifs is 1. The number of anilines is 2. The number of hydrogen-bond acceptors (Lipinski definition) is 7. The van der Waals surface area contributed by atoms with E-state index in [1.54, 1.807) is 9.80 Å². The van der Waals surface area contributed by atoms with Crippen LogP contribution in [-0.2, 0) is 19.1 Å². The predicted molar refractivity (Wildman–Crippen MR) is 106 cm³/mol. The monoisotopic (exact) mass is 399 g/mol. The number of amides is 2. The SMILES string of the molecule is CN1c2cc(C3=CCC4(CC3)OCCO4)ccc2N(C2CCC(=O)NC2=O)C1O. The van der Waals surface area contributed by atoms with E-state index in [-0.39, 0.29) is 18.2 Å². The quantitative estimate of drug-likeness (QED) is 0.725. The summed E-state index contributed by atoms with van der Waals surface area (Å²) in [5, 5.41) is 13.2. The molecule has 5 rings (SSSR count). The van der Waals surface area contributed by atoms with Crippen LogP contribution in [0.4, 0.5) is 11.4 Å². The number of hydrogen-bond donors (Lipinski definition) is 2. The van der Waals surface area contributed by atoms with E-state index in [0.29, 0.717) is 19.6 Å². The number of imide groups is 1. The third-order valence-corrected chi connectivity index (χ3v) is 6.39. The zero-order valence-corrected chi connectivity index (χ0v) is 16.4. The number of benzene rings is 1. The van der Waals surface area contributed by atoms with Crippen LogP contribution in [0.2, 0.25) is 0 Å². The topological polar surface area (TPSA) is 91.3 Å². The normalized spacial score (nSPS) is 28.6. The van der Waals surface area contributed by atoms with E-state index >= 15 is 0 Å². The summed E-state index contributed by atoms with van der Waals surface area (Å²) in [4.78, 5) is 27.3. The summed E-state index contributed by atoms with van der Waals surface area (Å²) in [5.41, 5.74) is 4.00. The van der Waals surface area contributed by atoms with Crippen LogP contribution in [0.5, 0.6) is 0 Å². The molecule has 1 aromatic rings. The molecule has 8 nitrogen and oxygen atoms in total. The van der Waals surface area contributed by atoms with Gasteiger partial charge in [0.2, 0.25) is 18.2 Å².